The molecule has 1 fully saturated rings. The van der Waals surface area contributed by atoms with E-state index in [0.29, 0.717) is 12.5 Å². The predicted octanol–water partition coefficient (Wildman–Crippen LogP) is 1.54. The first-order valence-electron chi connectivity index (χ1n) is 7.13. The van der Waals surface area contributed by atoms with Crippen LogP contribution in [0.25, 0.3) is 11.0 Å². The number of carbonyl (C=O) groups excluding carboxylic acids is 1. The molecule has 1 aromatic carbocycles. The van der Waals surface area contributed by atoms with Gasteiger partial charge in [-0.05, 0) is 25.1 Å². The number of rotatable bonds is 3. The molecule has 0 aliphatic carbocycles. The summed E-state index contributed by atoms with van der Waals surface area (Å²) in [5, 5.41) is 5.35. The van der Waals surface area contributed by atoms with Crippen LogP contribution < -0.4 is 15.5 Å². The lowest BCUT2D eigenvalue weighted by Gasteiger charge is -2.28. The van der Waals surface area contributed by atoms with Gasteiger partial charge in [0.2, 0.25) is 5.95 Å². The van der Waals surface area contributed by atoms with Crippen LogP contribution in [-0.4, -0.2) is 48.8 Å². The highest BCUT2D eigenvalue weighted by atomic mass is 16.5. The number of fused-ring (bicyclic) bond motifs is 1. The van der Waals surface area contributed by atoms with Crippen LogP contribution in [0.3, 0.4) is 0 Å². The third kappa shape index (κ3) is 3.08. The van der Waals surface area contributed by atoms with Crippen molar-refractivity contribution in [1.29, 1.82) is 0 Å². The van der Waals surface area contributed by atoms with E-state index in [0.717, 1.165) is 43.0 Å². The smallest absolute Gasteiger partial charge is 0.321 e. The molecule has 0 atom stereocenters. The second-order valence-corrected chi connectivity index (χ2v) is 4.87. The first-order valence-corrected chi connectivity index (χ1v) is 7.13. The molecule has 2 aromatic rings. The zero-order valence-corrected chi connectivity index (χ0v) is 12.0. The number of ether oxygens (including phenoxy) is 1. The van der Waals surface area contributed by atoms with Gasteiger partial charge in [-0.3, -0.25) is 5.32 Å². The number of aromatic amines is 1. The number of amides is 2. The maximum Gasteiger partial charge on any atom is 0.321 e. The summed E-state index contributed by atoms with van der Waals surface area (Å²) < 4.78 is 5.36. The van der Waals surface area contributed by atoms with E-state index in [1.807, 2.05) is 19.1 Å². The lowest BCUT2D eigenvalue weighted by Crippen LogP contribution is -2.36. The fourth-order valence-electron chi connectivity index (χ4n) is 2.39. The Hall–Kier alpha value is -2.28. The van der Waals surface area contributed by atoms with Crippen LogP contribution in [0, 0.1) is 0 Å². The molecule has 2 amide bonds. The van der Waals surface area contributed by atoms with Crippen LogP contribution in [0.1, 0.15) is 6.92 Å². The van der Waals surface area contributed by atoms with Crippen molar-refractivity contribution in [2.24, 2.45) is 0 Å². The highest BCUT2D eigenvalue weighted by Gasteiger charge is 2.13. The maximum atomic E-state index is 11.5. The zero-order chi connectivity index (χ0) is 14.7. The van der Waals surface area contributed by atoms with Gasteiger partial charge in [-0.2, -0.15) is 0 Å². The highest BCUT2D eigenvalue weighted by Crippen LogP contribution is 2.22. The molecule has 0 spiro atoms. The van der Waals surface area contributed by atoms with Crippen LogP contribution in [0.4, 0.5) is 16.4 Å². The van der Waals surface area contributed by atoms with Gasteiger partial charge in [0.1, 0.15) is 0 Å². The summed E-state index contributed by atoms with van der Waals surface area (Å²) in [5.41, 5.74) is 2.88. The molecule has 2 heterocycles. The maximum absolute atomic E-state index is 11.5. The molecule has 0 bridgehead atoms. The molecule has 3 N–H and O–H groups in total. The van der Waals surface area contributed by atoms with Crippen molar-refractivity contribution in [1.82, 2.24) is 15.3 Å². The monoisotopic (exact) mass is 289 g/mol. The SMILES string of the molecule is CCNC(=O)Nc1nc2ccc(N3CCOCC3)cc2[nH]1. The molecule has 1 aromatic heterocycles. The molecule has 0 saturated carbocycles. The number of nitrogens with zero attached hydrogens (tertiary/aromatic N) is 2. The van der Waals surface area contributed by atoms with Crippen molar-refractivity contribution in [3.63, 3.8) is 0 Å². The van der Waals surface area contributed by atoms with Gasteiger partial charge in [0, 0.05) is 25.3 Å². The summed E-state index contributed by atoms with van der Waals surface area (Å²) in [6.45, 7) is 5.74. The van der Waals surface area contributed by atoms with Crippen molar-refractivity contribution in [2.75, 3.05) is 43.1 Å². The molecule has 1 aliphatic rings. The second kappa shape index (κ2) is 6.01. The molecule has 1 aliphatic heterocycles. The van der Waals surface area contributed by atoms with Gasteiger partial charge in [0.25, 0.3) is 0 Å². The number of aromatic nitrogens is 2. The van der Waals surface area contributed by atoms with Gasteiger partial charge in [-0.1, -0.05) is 0 Å². The average Bonchev–Trinajstić information content (AvgIpc) is 2.89. The van der Waals surface area contributed by atoms with Gasteiger partial charge < -0.3 is 19.9 Å². The Morgan fingerprint density at radius 3 is 3.00 bits per heavy atom. The second-order valence-electron chi connectivity index (χ2n) is 4.87. The Kier molecular flexibility index (Phi) is 3.92. The summed E-state index contributed by atoms with van der Waals surface area (Å²) in [6.07, 6.45) is 0. The normalized spacial score (nSPS) is 15.2. The minimum absolute atomic E-state index is 0.259. The Morgan fingerprint density at radius 1 is 1.43 bits per heavy atom. The van der Waals surface area contributed by atoms with Crippen molar-refractivity contribution in [3.05, 3.63) is 18.2 Å². The number of benzene rings is 1. The molecule has 3 rings (SSSR count). The topological polar surface area (TPSA) is 82.3 Å². The van der Waals surface area contributed by atoms with E-state index < -0.39 is 0 Å². The van der Waals surface area contributed by atoms with Crippen LogP contribution in [-0.2, 0) is 4.74 Å². The quantitative estimate of drug-likeness (QED) is 0.800. The Balaban J connectivity index is 1.79. The standard InChI is InChI=1S/C14H19N5O2/c1-2-15-14(20)18-13-16-11-4-3-10(9-12(11)17-13)19-5-7-21-8-6-19/h3-4,9H,2,5-8H2,1H3,(H3,15,16,17,18,20). The number of H-pyrrole nitrogens is 1. The first-order chi connectivity index (χ1) is 10.3. The molecule has 1 saturated heterocycles. The van der Waals surface area contributed by atoms with E-state index in [1.165, 1.54) is 0 Å². The number of anilines is 2. The zero-order valence-electron chi connectivity index (χ0n) is 12.0. The molecule has 7 heteroatoms. The van der Waals surface area contributed by atoms with Gasteiger partial charge in [0.15, 0.2) is 0 Å². The predicted molar refractivity (Wildman–Crippen MR) is 81.8 cm³/mol. The molecule has 0 unspecified atom stereocenters. The molecule has 7 nitrogen and oxygen atoms in total. The van der Waals surface area contributed by atoms with Gasteiger partial charge in [-0.25, -0.2) is 9.78 Å². The molecular formula is C14H19N5O2. The van der Waals surface area contributed by atoms with E-state index in [9.17, 15) is 4.79 Å². The van der Waals surface area contributed by atoms with Crippen molar-refractivity contribution < 1.29 is 9.53 Å². The Morgan fingerprint density at radius 2 is 2.24 bits per heavy atom. The largest absolute Gasteiger partial charge is 0.378 e. The molecular weight excluding hydrogens is 270 g/mol. The van der Waals surface area contributed by atoms with E-state index in [-0.39, 0.29) is 6.03 Å². The summed E-state index contributed by atoms with van der Waals surface area (Å²) in [6, 6.07) is 5.80. The van der Waals surface area contributed by atoms with Gasteiger partial charge >= 0.3 is 6.03 Å². The van der Waals surface area contributed by atoms with E-state index >= 15 is 0 Å². The number of hydrogen-bond acceptors (Lipinski definition) is 4. The number of nitrogens with one attached hydrogen (secondary N) is 3. The Labute approximate surface area is 122 Å². The van der Waals surface area contributed by atoms with Crippen molar-refractivity contribution >= 4 is 28.7 Å². The van der Waals surface area contributed by atoms with E-state index in [1.54, 1.807) is 0 Å². The van der Waals surface area contributed by atoms with E-state index in [2.05, 4.69) is 31.6 Å². The van der Waals surface area contributed by atoms with E-state index in [4.69, 9.17) is 4.74 Å². The average molecular weight is 289 g/mol. The molecule has 0 radical (unpaired) electrons. The minimum Gasteiger partial charge on any atom is -0.378 e. The molecule has 112 valence electrons. The van der Waals surface area contributed by atoms with Crippen LogP contribution in [0.2, 0.25) is 0 Å². The molecule has 21 heavy (non-hydrogen) atoms. The first kappa shape index (κ1) is 13.7. The summed E-state index contributed by atoms with van der Waals surface area (Å²) >= 11 is 0. The number of morpholine rings is 1. The fourth-order valence-corrected chi connectivity index (χ4v) is 2.39. The lowest BCUT2D eigenvalue weighted by molar-refractivity contribution is 0.122. The van der Waals surface area contributed by atoms with Crippen LogP contribution in [0.15, 0.2) is 18.2 Å². The fraction of sp³-hybridized carbons (Fsp3) is 0.429. The van der Waals surface area contributed by atoms with Crippen molar-refractivity contribution in [3.8, 4) is 0 Å². The minimum atomic E-state index is -0.259. The third-order valence-electron chi connectivity index (χ3n) is 3.41. The van der Waals surface area contributed by atoms with Gasteiger partial charge in [-0.15, -0.1) is 0 Å². The third-order valence-corrected chi connectivity index (χ3v) is 3.41. The Bertz CT molecular complexity index is 633. The van der Waals surface area contributed by atoms with Crippen LogP contribution in [0.5, 0.6) is 0 Å². The highest BCUT2D eigenvalue weighted by molar-refractivity contribution is 5.90. The number of carbonyl (C=O) groups is 1. The summed E-state index contributed by atoms with van der Waals surface area (Å²) in [5.74, 6) is 0.454. The van der Waals surface area contributed by atoms with Crippen LogP contribution >= 0.6 is 0 Å². The summed E-state index contributed by atoms with van der Waals surface area (Å²) in [4.78, 5) is 21.3. The van der Waals surface area contributed by atoms with Gasteiger partial charge in [0.05, 0.1) is 24.2 Å². The number of urea groups is 1. The summed E-state index contributed by atoms with van der Waals surface area (Å²) in [7, 11) is 0. The van der Waals surface area contributed by atoms with Crippen molar-refractivity contribution in [2.45, 2.75) is 6.92 Å². The number of imidazole rings is 1. The lowest BCUT2D eigenvalue weighted by atomic mass is 10.2. The number of hydrogen-bond donors (Lipinski definition) is 3.